The van der Waals surface area contributed by atoms with E-state index in [0.29, 0.717) is 32.1 Å². The van der Waals surface area contributed by atoms with Crippen molar-refractivity contribution in [2.45, 2.75) is 50.9 Å². The van der Waals surface area contributed by atoms with Crippen molar-refractivity contribution in [2.75, 3.05) is 0 Å². The Labute approximate surface area is 125 Å². The molecule has 1 aliphatic carbocycles. The van der Waals surface area contributed by atoms with E-state index in [4.69, 9.17) is 0 Å². The molecule has 21 heavy (non-hydrogen) atoms. The number of hydrogen-bond acceptors (Lipinski definition) is 3. The van der Waals surface area contributed by atoms with E-state index in [2.05, 4.69) is 0 Å². The van der Waals surface area contributed by atoms with Gasteiger partial charge in [0.15, 0.2) is 0 Å². The van der Waals surface area contributed by atoms with E-state index < -0.39 is 0 Å². The fourth-order valence-corrected chi connectivity index (χ4v) is 3.09. The summed E-state index contributed by atoms with van der Waals surface area (Å²) < 4.78 is 0. The maximum atomic E-state index is 12.3. The summed E-state index contributed by atoms with van der Waals surface area (Å²) in [6, 6.07) is 9.76. The van der Waals surface area contributed by atoms with Crippen LogP contribution in [0.25, 0.3) is 0 Å². The molecule has 1 fully saturated rings. The van der Waals surface area contributed by atoms with Crippen LogP contribution in [0.1, 0.15) is 56.4 Å². The Morgan fingerprint density at radius 3 is 2.71 bits per heavy atom. The first-order valence-corrected chi connectivity index (χ1v) is 7.76. The third kappa shape index (κ3) is 4.35. The van der Waals surface area contributed by atoms with Crippen LogP contribution in [0.3, 0.4) is 0 Å². The summed E-state index contributed by atoms with van der Waals surface area (Å²) in [7, 11) is 0. The number of carbonyl (C=O) groups is 3. The fourth-order valence-electron chi connectivity index (χ4n) is 3.09. The lowest BCUT2D eigenvalue weighted by molar-refractivity contribution is -0.123. The van der Waals surface area contributed by atoms with Gasteiger partial charge in [0, 0.05) is 31.1 Å². The number of rotatable bonds is 6. The Morgan fingerprint density at radius 2 is 2.00 bits per heavy atom. The van der Waals surface area contributed by atoms with Crippen molar-refractivity contribution < 1.29 is 14.4 Å². The lowest BCUT2D eigenvalue weighted by Gasteiger charge is -2.18. The van der Waals surface area contributed by atoms with Gasteiger partial charge in [0.2, 0.25) is 0 Å². The predicted octanol–water partition coefficient (Wildman–Crippen LogP) is 3.47. The zero-order valence-corrected chi connectivity index (χ0v) is 12.3. The second-order valence-corrected chi connectivity index (χ2v) is 5.78. The number of unbranched alkanes of at least 4 members (excludes halogenated alkanes) is 1. The van der Waals surface area contributed by atoms with E-state index in [0.717, 1.165) is 24.7 Å². The molecule has 1 aromatic rings. The monoisotopic (exact) mass is 286 g/mol. The van der Waals surface area contributed by atoms with Gasteiger partial charge in [-0.3, -0.25) is 9.59 Å². The molecule has 0 aliphatic heterocycles. The largest absolute Gasteiger partial charge is 0.303 e. The molecular formula is C18H22O3. The average Bonchev–Trinajstić information content (AvgIpc) is 2.70. The molecule has 1 saturated carbocycles. The van der Waals surface area contributed by atoms with E-state index >= 15 is 0 Å². The standard InChI is InChI=1S/C18H22O3/c19-12-5-4-10-17(20)15-9-6-11-18(21)16(13-15)14-7-2-1-3-8-14/h1-3,7-8,12,15-16H,4-6,9-11,13H2. The normalized spacial score (nSPS) is 22.6. The van der Waals surface area contributed by atoms with Crippen LogP contribution in [0.15, 0.2) is 30.3 Å². The minimum atomic E-state index is -0.145. The number of carbonyl (C=O) groups excluding carboxylic acids is 3. The van der Waals surface area contributed by atoms with E-state index in [1.807, 2.05) is 30.3 Å². The van der Waals surface area contributed by atoms with E-state index in [1.54, 1.807) is 0 Å². The van der Waals surface area contributed by atoms with Crippen molar-refractivity contribution >= 4 is 17.9 Å². The lowest BCUT2D eigenvalue weighted by Crippen LogP contribution is -2.18. The van der Waals surface area contributed by atoms with Gasteiger partial charge in [0.05, 0.1) is 0 Å². The maximum absolute atomic E-state index is 12.3. The van der Waals surface area contributed by atoms with Crippen molar-refractivity contribution in [1.29, 1.82) is 0 Å². The zero-order chi connectivity index (χ0) is 15.1. The van der Waals surface area contributed by atoms with Gasteiger partial charge in [-0.05, 0) is 31.2 Å². The molecule has 3 heteroatoms. The summed E-state index contributed by atoms with van der Waals surface area (Å²) in [4.78, 5) is 34.9. The highest BCUT2D eigenvalue weighted by molar-refractivity contribution is 5.88. The molecule has 0 N–H and O–H groups in total. The van der Waals surface area contributed by atoms with Gasteiger partial charge < -0.3 is 4.79 Å². The Bertz CT molecular complexity index is 492. The summed E-state index contributed by atoms with van der Waals surface area (Å²) in [5.41, 5.74) is 1.02. The SMILES string of the molecule is O=CCCCC(=O)C1CCCC(=O)C(c2ccccc2)C1. The predicted molar refractivity (Wildman–Crippen MR) is 81.1 cm³/mol. The highest BCUT2D eigenvalue weighted by Crippen LogP contribution is 2.33. The Morgan fingerprint density at radius 1 is 1.24 bits per heavy atom. The Hall–Kier alpha value is -1.77. The molecular weight excluding hydrogens is 264 g/mol. The molecule has 2 unspecified atom stereocenters. The molecule has 1 aromatic carbocycles. The minimum Gasteiger partial charge on any atom is -0.303 e. The molecule has 0 bridgehead atoms. The van der Waals surface area contributed by atoms with Crippen LogP contribution in [0, 0.1) is 5.92 Å². The van der Waals surface area contributed by atoms with Crippen molar-refractivity contribution in [1.82, 2.24) is 0 Å². The lowest BCUT2D eigenvalue weighted by atomic mass is 9.84. The van der Waals surface area contributed by atoms with Crippen molar-refractivity contribution in [3.8, 4) is 0 Å². The number of hydrogen-bond donors (Lipinski definition) is 0. The van der Waals surface area contributed by atoms with Crippen molar-refractivity contribution in [3.63, 3.8) is 0 Å². The van der Waals surface area contributed by atoms with Crippen LogP contribution < -0.4 is 0 Å². The second kappa shape index (κ2) is 7.87. The van der Waals surface area contributed by atoms with Crippen LogP contribution >= 0.6 is 0 Å². The summed E-state index contributed by atoms with van der Waals surface area (Å²) in [6.45, 7) is 0. The molecule has 0 spiro atoms. The summed E-state index contributed by atoms with van der Waals surface area (Å²) in [5.74, 6) is 0.291. The minimum absolute atomic E-state index is 0.0340. The van der Waals surface area contributed by atoms with E-state index in [9.17, 15) is 14.4 Å². The van der Waals surface area contributed by atoms with Gasteiger partial charge in [-0.1, -0.05) is 30.3 Å². The van der Waals surface area contributed by atoms with Gasteiger partial charge in [-0.2, -0.15) is 0 Å². The van der Waals surface area contributed by atoms with Gasteiger partial charge in [-0.25, -0.2) is 0 Å². The summed E-state index contributed by atoms with van der Waals surface area (Å²) >= 11 is 0. The van der Waals surface area contributed by atoms with Crippen LogP contribution in [-0.2, 0) is 14.4 Å². The zero-order valence-electron chi connectivity index (χ0n) is 12.3. The van der Waals surface area contributed by atoms with Crippen molar-refractivity contribution in [3.05, 3.63) is 35.9 Å². The molecule has 1 aliphatic rings. The van der Waals surface area contributed by atoms with E-state index in [-0.39, 0.29) is 23.4 Å². The topological polar surface area (TPSA) is 51.2 Å². The molecule has 0 aromatic heterocycles. The highest BCUT2D eigenvalue weighted by Gasteiger charge is 2.30. The number of Topliss-reactive ketones (excluding diaryl/α,β-unsaturated/α-hetero) is 2. The van der Waals surface area contributed by atoms with Crippen LogP contribution in [0.5, 0.6) is 0 Å². The first-order chi connectivity index (χ1) is 10.2. The average molecular weight is 286 g/mol. The maximum Gasteiger partial charge on any atom is 0.140 e. The van der Waals surface area contributed by atoms with Gasteiger partial charge in [0.25, 0.3) is 0 Å². The molecule has 0 heterocycles. The van der Waals surface area contributed by atoms with Crippen molar-refractivity contribution in [2.24, 2.45) is 5.92 Å². The Balaban J connectivity index is 2.05. The smallest absolute Gasteiger partial charge is 0.140 e. The molecule has 0 amide bonds. The quantitative estimate of drug-likeness (QED) is 0.457. The number of benzene rings is 1. The van der Waals surface area contributed by atoms with Gasteiger partial charge >= 0.3 is 0 Å². The summed E-state index contributed by atoms with van der Waals surface area (Å²) in [5, 5.41) is 0. The van der Waals surface area contributed by atoms with Gasteiger partial charge in [0.1, 0.15) is 17.9 Å². The third-order valence-corrected chi connectivity index (χ3v) is 4.29. The second-order valence-electron chi connectivity index (χ2n) is 5.78. The first kappa shape index (κ1) is 15.6. The van der Waals surface area contributed by atoms with Crippen LogP contribution in [0.4, 0.5) is 0 Å². The molecule has 112 valence electrons. The molecule has 0 radical (unpaired) electrons. The Kier molecular flexibility index (Phi) is 5.85. The number of aldehydes is 1. The number of ketones is 2. The van der Waals surface area contributed by atoms with Crippen LogP contribution in [0.2, 0.25) is 0 Å². The first-order valence-electron chi connectivity index (χ1n) is 7.76. The summed E-state index contributed by atoms with van der Waals surface area (Å²) in [6.07, 6.45) is 5.18. The van der Waals surface area contributed by atoms with E-state index in [1.165, 1.54) is 0 Å². The molecule has 3 nitrogen and oxygen atoms in total. The third-order valence-electron chi connectivity index (χ3n) is 4.29. The molecule has 2 atom stereocenters. The molecule has 0 saturated heterocycles. The van der Waals surface area contributed by atoms with Gasteiger partial charge in [-0.15, -0.1) is 0 Å². The van der Waals surface area contributed by atoms with Crippen LogP contribution in [-0.4, -0.2) is 17.9 Å². The highest BCUT2D eigenvalue weighted by atomic mass is 16.1. The molecule has 2 rings (SSSR count). The fraction of sp³-hybridized carbons (Fsp3) is 0.500.